The summed E-state index contributed by atoms with van der Waals surface area (Å²) >= 11 is 3.35. The van der Waals surface area contributed by atoms with Crippen LogP contribution in [0.3, 0.4) is 0 Å². The smallest absolute Gasteiger partial charge is 0.126 e. The summed E-state index contributed by atoms with van der Waals surface area (Å²) in [4.78, 5) is 0. The van der Waals surface area contributed by atoms with Gasteiger partial charge in [0.2, 0.25) is 0 Å². The Labute approximate surface area is 86.7 Å². The lowest BCUT2D eigenvalue weighted by atomic mass is 10.1. The fraction of sp³-hybridized carbons (Fsp3) is 0.400. The average Bonchev–Trinajstić information content (AvgIpc) is 2.03. The van der Waals surface area contributed by atoms with Crippen molar-refractivity contribution in [2.75, 3.05) is 6.61 Å². The molecule has 0 saturated carbocycles. The molecular weight excluding hydrogens is 232 g/mol. The Balaban J connectivity index is 2.74. The molecule has 13 heavy (non-hydrogen) atoms. The van der Waals surface area contributed by atoms with Gasteiger partial charge in [0, 0.05) is 4.47 Å². The zero-order valence-electron chi connectivity index (χ0n) is 7.75. The minimum atomic E-state index is -0.527. The van der Waals surface area contributed by atoms with Gasteiger partial charge in [0.15, 0.2) is 0 Å². The fourth-order valence-electron chi connectivity index (χ4n) is 0.882. The van der Waals surface area contributed by atoms with Gasteiger partial charge in [-0.2, -0.15) is 0 Å². The number of ether oxygens (including phenoxy) is 1. The molecule has 0 aromatic heterocycles. The maximum atomic E-state index is 8.99. The molecule has 1 rings (SSSR count). The number of benzene rings is 1. The van der Waals surface area contributed by atoms with Crippen LogP contribution in [0.5, 0.6) is 5.75 Å². The van der Waals surface area contributed by atoms with E-state index in [1.165, 1.54) is 0 Å². The van der Waals surface area contributed by atoms with Crippen LogP contribution in [0.25, 0.3) is 0 Å². The summed E-state index contributed by atoms with van der Waals surface area (Å²) in [6, 6.07) is 7.56. The first-order chi connectivity index (χ1) is 6.03. The Bertz CT molecular complexity index is 284. The lowest BCUT2D eigenvalue weighted by Gasteiger charge is -2.23. The molecule has 0 amide bonds. The summed E-state index contributed by atoms with van der Waals surface area (Å²) in [5.74, 6) is 0.758. The summed E-state index contributed by atoms with van der Waals surface area (Å²) in [6.07, 6.45) is 0. The van der Waals surface area contributed by atoms with Crippen LogP contribution in [0, 0.1) is 0 Å². The van der Waals surface area contributed by atoms with Crippen molar-refractivity contribution in [2.45, 2.75) is 19.4 Å². The largest absolute Gasteiger partial charge is 0.485 e. The van der Waals surface area contributed by atoms with Gasteiger partial charge in [-0.05, 0) is 32.0 Å². The van der Waals surface area contributed by atoms with E-state index in [1.54, 1.807) is 0 Å². The van der Waals surface area contributed by atoms with Crippen LogP contribution in [0.4, 0.5) is 0 Å². The van der Waals surface area contributed by atoms with Crippen LogP contribution in [-0.2, 0) is 0 Å². The molecule has 0 atom stereocenters. The minimum absolute atomic E-state index is 0.000483. The molecule has 1 aromatic rings. The SMILES string of the molecule is CC(C)(CO)Oc1cccc(Br)c1. The van der Waals surface area contributed by atoms with E-state index >= 15 is 0 Å². The highest BCUT2D eigenvalue weighted by Crippen LogP contribution is 2.21. The average molecular weight is 245 g/mol. The van der Waals surface area contributed by atoms with Gasteiger partial charge in [-0.3, -0.25) is 0 Å². The molecule has 3 heteroatoms. The molecule has 1 N–H and O–H groups in total. The van der Waals surface area contributed by atoms with Gasteiger partial charge in [0.05, 0.1) is 6.61 Å². The number of aliphatic hydroxyl groups excluding tert-OH is 1. The number of hydrogen-bond acceptors (Lipinski definition) is 2. The van der Waals surface area contributed by atoms with Crippen LogP contribution in [0.2, 0.25) is 0 Å². The number of rotatable bonds is 3. The zero-order valence-corrected chi connectivity index (χ0v) is 9.34. The molecule has 0 fully saturated rings. The van der Waals surface area contributed by atoms with E-state index in [-0.39, 0.29) is 6.61 Å². The quantitative estimate of drug-likeness (QED) is 0.886. The molecule has 0 radical (unpaired) electrons. The van der Waals surface area contributed by atoms with Gasteiger partial charge in [0.1, 0.15) is 11.4 Å². The van der Waals surface area contributed by atoms with Crippen molar-refractivity contribution in [1.82, 2.24) is 0 Å². The third-order valence-corrected chi connectivity index (χ3v) is 2.06. The van der Waals surface area contributed by atoms with Gasteiger partial charge in [-0.1, -0.05) is 22.0 Å². The summed E-state index contributed by atoms with van der Waals surface area (Å²) in [5.41, 5.74) is -0.527. The highest BCUT2D eigenvalue weighted by Gasteiger charge is 2.17. The van der Waals surface area contributed by atoms with Crippen molar-refractivity contribution < 1.29 is 9.84 Å². The summed E-state index contributed by atoms with van der Waals surface area (Å²) < 4.78 is 6.52. The first-order valence-corrected chi connectivity index (χ1v) is 4.88. The number of hydrogen-bond donors (Lipinski definition) is 1. The molecule has 0 aliphatic heterocycles. The number of halogens is 1. The molecule has 72 valence electrons. The number of aliphatic hydroxyl groups is 1. The minimum Gasteiger partial charge on any atom is -0.485 e. The van der Waals surface area contributed by atoms with Crippen LogP contribution < -0.4 is 4.74 Å². The Morgan fingerprint density at radius 2 is 2.15 bits per heavy atom. The normalized spacial score (nSPS) is 11.4. The summed E-state index contributed by atoms with van der Waals surface area (Å²) in [6.45, 7) is 3.68. The molecule has 0 unspecified atom stereocenters. The fourth-order valence-corrected chi connectivity index (χ4v) is 1.26. The first-order valence-electron chi connectivity index (χ1n) is 4.09. The second-order valence-electron chi connectivity index (χ2n) is 3.48. The Hall–Kier alpha value is -0.540. The first kappa shape index (κ1) is 10.5. The van der Waals surface area contributed by atoms with Crippen LogP contribution in [0.1, 0.15) is 13.8 Å². The van der Waals surface area contributed by atoms with Crippen LogP contribution in [-0.4, -0.2) is 17.3 Å². The third kappa shape index (κ3) is 3.36. The van der Waals surface area contributed by atoms with Crippen molar-refractivity contribution in [3.05, 3.63) is 28.7 Å². The van der Waals surface area contributed by atoms with E-state index in [0.29, 0.717) is 0 Å². The van der Waals surface area contributed by atoms with E-state index in [2.05, 4.69) is 15.9 Å². The summed E-state index contributed by atoms with van der Waals surface area (Å²) in [7, 11) is 0. The van der Waals surface area contributed by atoms with E-state index < -0.39 is 5.60 Å². The molecule has 0 aliphatic rings. The monoisotopic (exact) mass is 244 g/mol. The Morgan fingerprint density at radius 1 is 1.46 bits per heavy atom. The van der Waals surface area contributed by atoms with Crippen molar-refractivity contribution >= 4 is 15.9 Å². The molecule has 0 bridgehead atoms. The second-order valence-corrected chi connectivity index (χ2v) is 4.39. The van der Waals surface area contributed by atoms with Gasteiger partial charge in [0.25, 0.3) is 0 Å². The molecule has 1 aromatic carbocycles. The highest BCUT2D eigenvalue weighted by atomic mass is 79.9. The van der Waals surface area contributed by atoms with Gasteiger partial charge in [-0.15, -0.1) is 0 Å². The van der Waals surface area contributed by atoms with Gasteiger partial charge < -0.3 is 9.84 Å². The Morgan fingerprint density at radius 3 is 2.69 bits per heavy atom. The predicted octanol–water partition coefficient (Wildman–Crippen LogP) is 2.60. The third-order valence-electron chi connectivity index (χ3n) is 1.57. The highest BCUT2D eigenvalue weighted by molar-refractivity contribution is 9.10. The maximum absolute atomic E-state index is 8.99. The van der Waals surface area contributed by atoms with Crippen molar-refractivity contribution in [1.29, 1.82) is 0 Å². The topological polar surface area (TPSA) is 29.5 Å². The molecule has 0 aliphatic carbocycles. The molecule has 0 saturated heterocycles. The van der Waals surface area contributed by atoms with Crippen LogP contribution >= 0.6 is 15.9 Å². The van der Waals surface area contributed by atoms with E-state index in [9.17, 15) is 0 Å². The molecule has 0 spiro atoms. The predicted molar refractivity (Wildman–Crippen MR) is 55.9 cm³/mol. The van der Waals surface area contributed by atoms with Gasteiger partial charge in [-0.25, -0.2) is 0 Å². The molecule has 2 nitrogen and oxygen atoms in total. The van der Waals surface area contributed by atoms with Crippen molar-refractivity contribution in [2.24, 2.45) is 0 Å². The zero-order chi connectivity index (χ0) is 9.90. The van der Waals surface area contributed by atoms with Gasteiger partial charge >= 0.3 is 0 Å². The van der Waals surface area contributed by atoms with Crippen molar-refractivity contribution in [3.63, 3.8) is 0 Å². The molecule has 0 heterocycles. The van der Waals surface area contributed by atoms with E-state index in [0.717, 1.165) is 10.2 Å². The lowest BCUT2D eigenvalue weighted by molar-refractivity contribution is 0.0412. The van der Waals surface area contributed by atoms with E-state index in [1.807, 2.05) is 38.1 Å². The lowest BCUT2D eigenvalue weighted by Crippen LogP contribution is -2.32. The maximum Gasteiger partial charge on any atom is 0.126 e. The standard InChI is InChI=1S/C10H13BrO2/c1-10(2,7-12)13-9-5-3-4-8(11)6-9/h3-6,12H,7H2,1-2H3. The van der Waals surface area contributed by atoms with Crippen LogP contribution in [0.15, 0.2) is 28.7 Å². The summed E-state index contributed by atoms with van der Waals surface area (Å²) in [5, 5.41) is 8.99. The van der Waals surface area contributed by atoms with Crippen molar-refractivity contribution in [3.8, 4) is 5.75 Å². The second kappa shape index (κ2) is 4.11. The van der Waals surface area contributed by atoms with E-state index in [4.69, 9.17) is 9.84 Å². The Kier molecular flexibility index (Phi) is 3.33. The molecular formula is C10H13BrO2.